The number of rotatable bonds is 0. The molecule has 0 radical (unpaired) electrons. The predicted molar refractivity (Wildman–Crippen MR) is 56.9 cm³/mol. The summed E-state index contributed by atoms with van der Waals surface area (Å²) in [5, 5.41) is -0.250. The van der Waals surface area contributed by atoms with Crippen LogP contribution in [0.1, 0.15) is 12.5 Å². The van der Waals surface area contributed by atoms with Gasteiger partial charge in [0.15, 0.2) is 0 Å². The Balaban J connectivity index is 0.000000261. The number of benzene rings is 1. The van der Waals surface area contributed by atoms with Crippen molar-refractivity contribution in [2.24, 2.45) is 0 Å². The standard InChI is InChI=1S/C7H7Br.C2H4OS/c1-6-2-4-7(8)5-3-6;1-2(3)4/h2-5H,1H3;1H3,(H,3,4)/p-1. The highest BCUT2D eigenvalue weighted by Crippen LogP contribution is 2.08. The van der Waals surface area contributed by atoms with Crippen molar-refractivity contribution in [1.82, 2.24) is 0 Å². The van der Waals surface area contributed by atoms with Gasteiger partial charge in [-0.25, -0.2) is 0 Å². The number of carbonyl (C=O) groups is 1. The molecule has 0 aliphatic rings. The second kappa shape index (κ2) is 6.14. The third-order valence-electron chi connectivity index (χ3n) is 1.01. The Morgan fingerprint density at radius 1 is 1.33 bits per heavy atom. The van der Waals surface area contributed by atoms with Gasteiger partial charge in [0, 0.05) is 9.59 Å². The fraction of sp³-hybridized carbons (Fsp3) is 0.222. The van der Waals surface area contributed by atoms with Crippen LogP contribution in [0.5, 0.6) is 0 Å². The zero-order valence-electron chi connectivity index (χ0n) is 7.00. The molecule has 0 saturated carbocycles. The molecule has 1 nitrogen and oxygen atoms in total. The Bertz CT molecular complexity index is 218. The van der Waals surface area contributed by atoms with Crippen LogP contribution in [0.4, 0.5) is 0 Å². The third-order valence-corrected chi connectivity index (χ3v) is 1.54. The van der Waals surface area contributed by atoms with Gasteiger partial charge >= 0.3 is 0 Å². The molecule has 0 N–H and O–H groups in total. The van der Waals surface area contributed by atoms with Gasteiger partial charge in [0.25, 0.3) is 0 Å². The fourth-order valence-electron chi connectivity index (χ4n) is 0.533. The second-order valence-corrected chi connectivity index (χ2v) is 3.78. The Labute approximate surface area is 86.7 Å². The molecule has 0 atom stereocenters. The van der Waals surface area contributed by atoms with Gasteiger partial charge in [0.05, 0.1) is 0 Å². The summed E-state index contributed by atoms with van der Waals surface area (Å²) in [7, 11) is 0. The minimum absolute atomic E-state index is 0.250. The van der Waals surface area contributed by atoms with Crippen molar-refractivity contribution in [1.29, 1.82) is 0 Å². The summed E-state index contributed by atoms with van der Waals surface area (Å²) < 4.78 is 1.14. The van der Waals surface area contributed by atoms with Gasteiger partial charge in [-0.2, -0.15) is 0 Å². The first-order valence-electron chi connectivity index (χ1n) is 3.42. The van der Waals surface area contributed by atoms with E-state index < -0.39 is 0 Å². The van der Waals surface area contributed by atoms with Crippen LogP contribution in [0.3, 0.4) is 0 Å². The van der Waals surface area contributed by atoms with Crippen LogP contribution in [0.2, 0.25) is 0 Å². The topological polar surface area (TPSA) is 17.1 Å². The molecule has 1 rings (SSSR count). The molecule has 0 spiro atoms. The van der Waals surface area contributed by atoms with E-state index in [1.807, 2.05) is 12.1 Å². The molecule has 0 amide bonds. The Hall–Kier alpha value is -0.410. The number of aryl methyl sites for hydroxylation is 1. The van der Waals surface area contributed by atoms with Crippen LogP contribution in [0.15, 0.2) is 28.7 Å². The molecule has 3 heteroatoms. The summed E-state index contributed by atoms with van der Waals surface area (Å²) in [6, 6.07) is 8.22. The van der Waals surface area contributed by atoms with Crippen molar-refractivity contribution in [3.05, 3.63) is 34.3 Å². The van der Waals surface area contributed by atoms with E-state index in [1.54, 1.807) is 0 Å². The summed E-state index contributed by atoms with van der Waals surface area (Å²) in [6.07, 6.45) is 0. The minimum atomic E-state index is -0.250. The molecule has 0 aliphatic carbocycles. The summed E-state index contributed by atoms with van der Waals surface area (Å²) in [6.45, 7) is 3.42. The zero-order valence-corrected chi connectivity index (χ0v) is 9.41. The maximum absolute atomic E-state index is 9.26. The van der Waals surface area contributed by atoms with E-state index in [1.165, 1.54) is 12.5 Å². The highest BCUT2D eigenvalue weighted by molar-refractivity contribution is 9.10. The minimum Gasteiger partial charge on any atom is -0.742 e. The molecule has 0 aliphatic heterocycles. The number of carbonyl (C=O) groups excluding carboxylic acids is 1. The normalized spacial score (nSPS) is 8.25. The summed E-state index contributed by atoms with van der Waals surface area (Å²) in [4.78, 5) is 9.26. The van der Waals surface area contributed by atoms with Crippen LogP contribution in [0, 0.1) is 6.92 Å². The van der Waals surface area contributed by atoms with E-state index in [0.29, 0.717) is 0 Å². The van der Waals surface area contributed by atoms with Crippen LogP contribution in [-0.4, -0.2) is 5.12 Å². The summed E-state index contributed by atoms with van der Waals surface area (Å²) in [5.74, 6) is 0. The van der Waals surface area contributed by atoms with Crippen molar-refractivity contribution in [2.75, 3.05) is 0 Å². The largest absolute Gasteiger partial charge is 0.742 e. The molecule has 1 aromatic carbocycles. The van der Waals surface area contributed by atoms with Crippen molar-refractivity contribution < 1.29 is 4.79 Å². The average Bonchev–Trinajstić information content (AvgIpc) is 1.94. The molecule has 0 heterocycles. The summed E-state index contributed by atoms with van der Waals surface area (Å²) >= 11 is 7.33. The monoisotopic (exact) mass is 245 g/mol. The molecular formula is C9H10BrOS-. The number of hydrogen-bond donors (Lipinski definition) is 0. The highest BCUT2D eigenvalue weighted by atomic mass is 79.9. The smallest absolute Gasteiger partial charge is 0.0175 e. The molecule has 1 aromatic rings. The van der Waals surface area contributed by atoms with Gasteiger partial charge in [-0.15, -0.1) is 0 Å². The van der Waals surface area contributed by atoms with Crippen LogP contribution in [0.25, 0.3) is 0 Å². The first kappa shape index (κ1) is 11.6. The lowest BCUT2D eigenvalue weighted by atomic mass is 10.2. The highest BCUT2D eigenvalue weighted by Gasteiger charge is 1.81. The van der Waals surface area contributed by atoms with Gasteiger partial charge in [0.1, 0.15) is 0 Å². The van der Waals surface area contributed by atoms with E-state index >= 15 is 0 Å². The summed E-state index contributed by atoms with van der Waals surface area (Å²) in [5.41, 5.74) is 1.30. The molecule has 0 bridgehead atoms. The number of hydrogen-bond acceptors (Lipinski definition) is 2. The SMILES string of the molecule is CC(=O)[S-].Cc1ccc(Br)cc1. The van der Waals surface area contributed by atoms with E-state index in [4.69, 9.17) is 0 Å². The lowest BCUT2D eigenvalue weighted by Gasteiger charge is -1.88. The van der Waals surface area contributed by atoms with Crippen LogP contribution in [-0.2, 0) is 17.4 Å². The molecule has 0 unspecified atom stereocenters. The molecule has 12 heavy (non-hydrogen) atoms. The maximum atomic E-state index is 9.26. The lowest BCUT2D eigenvalue weighted by molar-refractivity contribution is -0.109. The van der Waals surface area contributed by atoms with Crippen molar-refractivity contribution in [3.63, 3.8) is 0 Å². The van der Waals surface area contributed by atoms with E-state index in [2.05, 4.69) is 47.6 Å². The Kier molecular flexibility index (Phi) is 5.93. The van der Waals surface area contributed by atoms with Gasteiger partial charge in [0.2, 0.25) is 0 Å². The lowest BCUT2D eigenvalue weighted by Crippen LogP contribution is -1.72. The second-order valence-electron chi connectivity index (χ2n) is 2.29. The average molecular weight is 246 g/mol. The van der Waals surface area contributed by atoms with Crippen LogP contribution >= 0.6 is 15.9 Å². The molecule has 0 saturated heterocycles. The van der Waals surface area contributed by atoms with Crippen LogP contribution < -0.4 is 0 Å². The van der Waals surface area contributed by atoms with E-state index in [0.717, 1.165) is 4.47 Å². The van der Waals surface area contributed by atoms with E-state index in [9.17, 15) is 4.79 Å². The van der Waals surface area contributed by atoms with Gasteiger partial charge in [-0.3, -0.25) is 0 Å². The maximum Gasteiger partial charge on any atom is 0.0175 e. The fourth-order valence-corrected chi connectivity index (χ4v) is 0.798. The van der Waals surface area contributed by atoms with Gasteiger partial charge in [-0.1, -0.05) is 33.6 Å². The third kappa shape index (κ3) is 7.69. The molecule has 0 aromatic heterocycles. The Morgan fingerprint density at radius 2 is 1.67 bits per heavy atom. The van der Waals surface area contributed by atoms with Gasteiger partial charge in [-0.05, 0) is 26.0 Å². The first-order chi connectivity index (χ1) is 5.52. The quantitative estimate of drug-likeness (QED) is 0.655. The Morgan fingerprint density at radius 3 is 1.92 bits per heavy atom. The van der Waals surface area contributed by atoms with Crippen molar-refractivity contribution in [3.8, 4) is 0 Å². The first-order valence-corrected chi connectivity index (χ1v) is 4.62. The molecular weight excluding hydrogens is 236 g/mol. The van der Waals surface area contributed by atoms with Crippen molar-refractivity contribution in [2.45, 2.75) is 13.8 Å². The zero-order chi connectivity index (χ0) is 9.56. The predicted octanol–water partition coefficient (Wildman–Crippen LogP) is 2.84. The number of halogens is 1. The van der Waals surface area contributed by atoms with Gasteiger partial charge < -0.3 is 17.4 Å². The molecule has 0 fully saturated rings. The molecule has 66 valence electrons. The van der Waals surface area contributed by atoms with E-state index in [-0.39, 0.29) is 5.12 Å². The van der Waals surface area contributed by atoms with Crippen molar-refractivity contribution >= 4 is 33.7 Å².